The minimum atomic E-state index is -0.638. The number of para-hydroxylation sites is 1. The second-order valence-corrected chi connectivity index (χ2v) is 12.6. The molecule has 230 valence electrons. The molecule has 3 aromatic rings. The zero-order chi connectivity index (χ0) is 31.8. The zero-order valence-electron chi connectivity index (χ0n) is 23.4. The number of allylic oxidation sites excluding steroid dienone is 1. The first-order valence-corrected chi connectivity index (χ1v) is 16.2. The number of halogens is 4. The van der Waals surface area contributed by atoms with Gasteiger partial charge in [0.25, 0.3) is 5.91 Å². The standard InChI is InChI=1S/C30H26BrCl2IN4O5S/c1-3-41-29(40)26-16(2)36-30(44)37-27(26)20-6-4-5-7-24(20)42-15-25(39)38-35-13-18-11-19(31)12-23(34)28(18)43-14-17-8-9-21(32)22(33)10-17/h4-13,27H,3,14-15H2,1-2H3,(H,38,39)(H2,36,37,44)/t27-/m1/s1. The first-order valence-electron chi connectivity index (χ1n) is 13.1. The van der Waals surface area contributed by atoms with Crippen molar-refractivity contribution in [3.8, 4) is 11.5 Å². The molecule has 3 aromatic carbocycles. The van der Waals surface area contributed by atoms with Gasteiger partial charge in [0, 0.05) is 21.3 Å². The van der Waals surface area contributed by atoms with Gasteiger partial charge in [-0.1, -0.05) is 63.4 Å². The second kappa shape index (κ2) is 15.9. The van der Waals surface area contributed by atoms with Crippen LogP contribution in [0.25, 0.3) is 0 Å². The maximum Gasteiger partial charge on any atom is 0.338 e. The third kappa shape index (κ3) is 8.84. The molecule has 1 heterocycles. The number of hydrogen-bond acceptors (Lipinski definition) is 7. The lowest BCUT2D eigenvalue weighted by atomic mass is 9.95. The van der Waals surface area contributed by atoms with Crippen LogP contribution in [0.5, 0.6) is 11.5 Å². The predicted octanol–water partition coefficient (Wildman–Crippen LogP) is 6.82. The number of carbonyl (C=O) groups is 2. The van der Waals surface area contributed by atoms with Gasteiger partial charge in [-0.3, -0.25) is 4.79 Å². The van der Waals surface area contributed by atoms with Crippen LogP contribution in [0.1, 0.15) is 36.6 Å². The number of ether oxygens (including phenoxy) is 3. The predicted molar refractivity (Wildman–Crippen MR) is 186 cm³/mol. The van der Waals surface area contributed by atoms with Crippen LogP contribution in [0.4, 0.5) is 0 Å². The summed E-state index contributed by atoms with van der Waals surface area (Å²) < 4.78 is 18.9. The summed E-state index contributed by atoms with van der Waals surface area (Å²) in [6.07, 6.45) is 1.49. The van der Waals surface area contributed by atoms with E-state index in [0.29, 0.717) is 49.1 Å². The lowest BCUT2D eigenvalue weighted by Gasteiger charge is -2.30. The quantitative estimate of drug-likeness (QED) is 0.0636. The Labute approximate surface area is 292 Å². The molecule has 0 aromatic heterocycles. The molecule has 4 rings (SSSR count). The number of rotatable bonds is 11. The Morgan fingerprint density at radius 1 is 1.14 bits per heavy atom. The molecule has 14 heteroatoms. The van der Waals surface area contributed by atoms with Gasteiger partial charge in [-0.2, -0.15) is 5.10 Å². The summed E-state index contributed by atoms with van der Waals surface area (Å²) in [7, 11) is 0. The van der Waals surface area contributed by atoms with E-state index in [1.165, 1.54) is 6.21 Å². The summed E-state index contributed by atoms with van der Waals surface area (Å²) in [6, 6.07) is 15.4. The minimum Gasteiger partial charge on any atom is -0.487 e. The Morgan fingerprint density at radius 2 is 1.91 bits per heavy atom. The van der Waals surface area contributed by atoms with Gasteiger partial charge in [0.2, 0.25) is 0 Å². The number of hydrazone groups is 1. The molecule has 0 radical (unpaired) electrons. The summed E-state index contributed by atoms with van der Waals surface area (Å²) >= 11 is 23.1. The Morgan fingerprint density at radius 3 is 2.66 bits per heavy atom. The van der Waals surface area contributed by atoms with Crippen molar-refractivity contribution in [1.29, 1.82) is 0 Å². The maximum atomic E-state index is 12.8. The van der Waals surface area contributed by atoms with E-state index < -0.39 is 17.9 Å². The van der Waals surface area contributed by atoms with Crippen LogP contribution < -0.4 is 25.5 Å². The van der Waals surface area contributed by atoms with Crippen molar-refractivity contribution in [1.82, 2.24) is 16.1 Å². The molecule has 0 bridgehead atoms. The van der Waals surface area contributed by atoms with Gasteiger partial charge in [0.15, 0.2) is 11.7 Å². The molecule has 0 saturated heterocycles. The third-order valence-electron chi connectivity index (χ3n) is 6.15. The molecule has 0 unspecified atom stereocenters. The normalized spacial score (nSPS) is 14.6. The van der Waals surface area contributed by atoms with Crippen LogP contribution in [-0.4, -0.2) is 36.4 Å². The highest BCUT2D eigenvalue weighted by Gasteiger charge is 2.32. The van der Waals surface area contributed by atoms with Crippen molar-refractivity contribution < 1.29 is 23.8 Å². The summed E-state index contributed by atoms with van der Waals surface area (Å²) in [5, 5.41) is 11.4. The fourth-order valence-electron chi connectivity index (χ4n) is 4.22. The molecule has 3 N–H and O–H groups in total. The fraction of sp³-hybridized carbons (Fsp3) is 0.200. The maximum absolute atomic E-state index is 12.8. The molecule has 0 saturated carbocycles. The van der Waals surface area contributed by atoms with E-state index >= 15 is 0 Å². The highest BCUT2D eigenvalue weighted by molar-refractivity contribution is 14.1. The Kier molecular flexibility index (Phi) is 12.3. The van der Waals surface area contributed by atoms with Gasteiger partial charge < -0.3 is 24.8 Å². The second-order valence-electron chi connectivity index (χ2n) is 9.25. The van der Waals surface area contributed by atoms with Crippen molar-refractivity contribution in [2.45, 2.75) is 26.5 Å². The van der Waals surface area contributed by atoms with Crippen molar-refractivity contribution in [3.05, 3.63) is 101 Å². The average Bonchev–Trinajstić information content (AvgIpc) is 2.97. The van der Waals surface area contributed by atoms with Crippen LogP contribution in [0.3, 0.4) is 0 Å². The number of esters is 1. The van der Waals surface area contributed by atoms with E-state index in [2.05, 4.69) is 59.7 Å². The number of nitrogens with zero attached hydrogens (tertiary/aromatic N) is 1. The fourth-order valence-corrected chi connectivity index (χ4v) is 6.52. The molecule has 0 aliphatic carbocycles. The smallest absolute Gasteiger partial charge is 0.338 e. The topological polar surface area (TPSA) is 110 Å². The SMILES string of the molecule is CCOC(=O)C1=C(C)NC(=S)N[C@@H]1c1ccccc1OCC(=O)NN=Cc1cc(Br)cc(I)c1OCc1ccc(Cl)c(Cl)c1. The zero-order valence-corrected chi connectivity index (χ0v) is 29.5. The molecule has 9 nitrogen and oxygen atoms in total. The minimum absolute atomic E-state index is 0.218. The number of carbonyl (C=O) groups excluding carboxylic acids is 2. The van der Waals surface area contributed by atoms with Crippen molar-refractivity contribution in [3.63, 3.8) is 0 Å². The highest BCUT2D eigenvalue weighted by Crippen LogP contribution is 2.34. The van der Waals surface area contributed by atoms with E-state index in [0.717, 1.165) is 13.6 Å². The lowest BCUT2D eigenvalue weighted by molar-refractivity contribution is -0.139. The van der Waals surface area contributed by atoms with E-state index in [1.807, 2.05) is 18.2 Å². The van der Waals surface area contributed by atoms with Gasteiger partial charge in [0.05, 0.1) is 38.1 Å². The average molecular weight is 832 g/mol. The van der Waals surface area contributed by atoms with Crippen molar-refractivity contribution >= 4 is 97.1 Å². The summed E-state index contributed by atoms with van der Waals surface area (Å²) in [5.41, 5.74) is 5.51. The van der Waals surface area contributed by atoms with Gasteiger partial charge in [-0.05, 0) is 84.6 Å². The van der Waals surface area contributed by atoms with Crippen molar-refractivity contribution in [2.75, 3.05) is 13.2 Å². The highest BCUT2D eigenvalue weighted by atomic mass is 127. The van der Waals surface area contributed by atoms with E-state index in [9.17, 15) is 9.59 Å². The van der Waals surface area contributed by atoms with E-state index in [-0.39, 0.29) is 19.8 Å². The third-order valence-corrected chi connectivity index (χ3v) is 8.37. The van der Waals surface area contributed by atoms with Crippen LogP contribution >= 0.6 is 73.9 Å². The molecule has 1 amide bonds. The molecule has 0 spiro atoms. The summed E-state index contributed by atoms with van der Waals surface area (Å²) in [6.45, 7) is 3.61. The summed E-state index contributed by atoms with van der Waals surface area (Å²) in [4.78, 5) is 25.5. The molecule has 1 aliphatic rings. The number of benzene rings is 3. The van der Waals surface area contributed by atoms with Crippen LogP contribution in [0.15, 0.2) is 75.4 Å². The summed E-state index contributed by atoms with van der Waals surface area (Å²) in [5.74, 6) is -0.00814. The van der Waals surface area contributed by atoms with E-state index in [4.69, 9.17) is 49.6 Å². The first kappa shape index (κ1) is 34.0. The molecular formula is C30H26BrCl2IN4O5S. The van der Waals surface area contributed by atoms with Gasteiger partial charge in [0.1, 0.15) is 18.1 Å². The largest absolute Gasteiger partial charge is 0.487 e. The van der Waals surface area contributed by atoms with E-state index in [1.54, 1.807) is 50.2 Å². The Bertz CT molecular complexity index is 1660. The van der Waals surface area contributed by atoms with Crippen LogP contribution in [0, 0.1) is 3.57 Å². The van der Waals surface area contributed by atoms with Crippen molar-refractivity contribution in [2.24, 2.45) is 5.10 Å². The van der Waals surface area contributed by atoms with Gasteiger partial charge in [-0.25, -0.2) is 10.2 Å². The number of thiocarbonyl (C=S) groups is 1. The Hall–Kier alpha value is -2.91. The van der Waals surface area contributed by atoms with Gasteiger partial charge in [-0.15, -0.1) is 0 Å². The monoisotopic (exact) mass is 830 g/mol. The lowest BCUT2D eigenvalue weighted by Crippen LogP contribution is -2.45. The number of hydrogen-bond donors (Lipinski definition) is 3. The molecule has 1 atom stereocenters. The first-order chi connectivity index (χ1) is 21.1. The molecule has 1 aliphatic heterocycles. The number of nitrogens with one attached hydrogen (secondary N) is 3. The molecule has 44 heavy (non-hydrogen) atoms. The molecule has 0 fully saturated rings. The van der Waals surface area contributed by atoms with Crippen LogP contribution in [0.2, 0.25) is 10.0 Å². The number of amides is 1. The van der Waals surface area contributed by atoms with Gasteiger partial charge >= 0.3 is 5.97 Å². The molecular weight excluding hydrogens is 806 g/mol. The Balaban J connectivity index is 1.44. The van der Waals surface area contributed by atoms with Crippen LogP contribution in [-0.2, 0) is 20.9 Å².